The monoisotopic (exact) mass is 331 g/mol. The lowest BCUT2D eigenvalue weighted by Crippen LogP contribution is -2.28. The first-order chi connectivity index (χ1) is 9.69. The number of para-hydroxylation sites is 1. The zero-order valence-corrected chi connectivity index (χ0v) is 12.5. The Balaban J connectivity index is 2.07. The molecule has 2 aromatic heterocycles. The molecule has 3 rings (SSSR count). The Kier molecular flexibility index (Phi) is 3.56. The van der Waals surface area contributed by atoms with Crippen LogP contribution in [0.15, 0.2) is 51.5 Å². The third-order valence-electron chi connectivity index (χ3n) is 3.23. The Labute approximate surface area is 125 Å². The number of benzene rings is 1. The van der Waals surface area contributed by atoms with Crippen LogP contribution in [0.2, 0.25) is 0 Å². The summed E-state index contributed by atoms with van der Waals surface area (Å²) in [4.78, 5) is 4.30. The number of halogens is 1. The maximum absolute atomic E-state index is 5.92. The minimum absolute atomic E-state index is 0.220. The van der Waals surface area contributed by atoms with Crippen molar-refractivity contribution in [2.75, 3.05) is 0 Å². The van der Waals surface area contributed by atoms with Gasteiger partial charge in [0.25, 0.3) is 0 Å². The summed E-state index contributed by atoms with van der Waals surface area (Å²) < 4.78 is 6.85. The second-order valence-electron chi connectivity index (χ2n) is 4.64. The Hall–Kier alpha value is -1.69. The summed E-state index contributed by atoms with van der Waals surface area (Å²) >= 11 is 3.49. The van der Waals surface area contributed by atoms with Crippen molar-refractivity contribution in [3.8, 4) is 0 Å². The van der Waals surface area contributed by atoms with Gasteiger partial charge in [0.05, 0.1) is 4.47 Å². The molecular weight excluding hydrogens is 318 g/mol. The second kappa shape index (κ2) is 5.36. The molecule has 0 aliphatic rings. The number of nitrogens with two attached hydrogens (primary N) is 1. The van der Waals surface area contributed by atoms with Crippen molar-refractivity contribution in [2.24, 2.45) is 5.84 Å². The molecule has 20 heavy (non-hydrogen) atoms. The molecule has 1 atom stereocenters. The number of furan rings is 1. The number of nitrogens with zero attached hydrogens (tertiary/aromatic N) is 1. The first-order valence-corrected chi connectivity index (χ1v) is 7.05. The molecule has 0 aliphatic heterocycles. The smallest absolute Gasteiger partial charge is 0.148 e. The summed E-state index contributed by atoms with van der Waals surface area (Å²) in [6.07, 6.45) is 1.81. The molecule has 0 amide bonds. The number of rotatable bonds is 3. The van der Waals surface area contributed by atoms with E-state index in [9.17, 15) is 0 Å². The quantitative estimate of drug-likeness (QED) is 0.570. The van der Waals surface area contributed by atoms with E-state index in [0.29, 0.717) is 0 Å². The van der Waals surface area contributed by atoms with Crippen LogP contribution in [0.1, 0.15) is 23.1 Å². The first kappa shape index (κ1) is 13.3. The molecule has 0 saturated carbocycles. The fourth-order valence-electron chi connectivity index (χ4n) is 2.18. The van der Waals surface area contributed by atoms with Gasteiger partial charge >= 0.3 is 0 Å². The highest BCUT2D eigenvalue weighted by Crippen LogP contribution is 2.31. The molecule has 3 aromatic rings. The van der Waals surface area contributed by atoms with Gasteiger partial charge in [0.2, 0.25) is 0 Å². The molecule has 102 valence electrons. The fraction of sp³-hybridized carbons (Fsp3) is 0.133. The molecule has 1 aromatic carbocycles. The molecule has 0 bridgehead atoms. The summed E-state index contributed by atoms with van der Waals surface area (Å²) in [7, 11) is 0. The summed E-state index contributed by atoms with van der Waals surface area (Å²) in [5.41, 5.74) is 5.54. The van der Waals surface area contributed by atoms with Gasteiger partial charge in [-0.3, -0.25) is 10.8 Å². The molecule has 4 nitrogen and oxygen atoms in total. The maximum Gasteiger partial charge on any atom is 0.148 e. The molecule has 0 radical (unpaired) electrons. The van der Waals surface area contributed by atoms with Gasteiger partial charge in [0.1, 0.15) is 17.4 Å². The van der Waals surface area contributed by atoms with E-state index in [4.69, 9.17) is 10.3 Å². The number of pyridine rings is 1. The Morgan fingerprint density at radius 1 is 1.30 bits per heavy atom. The van der Waals surface area contributed by atoms with Gasteiger partial charge in [0, 0.05) is 17.3 Å². The highest BCUT2D eigenvalue weighted by atomic mass is 79.9. The van der Waals surface area contributed by atoms with E-state index in [-0.39, 0.29) is 6.04 Å². The average Bonchev–Trinajstić information content (AvgIpc) is 2.87. The third kappa shape index (κ3) is 2.35. The van der Waals surface area contributed by atoms with Crippen molar-refractivity contribution in [3.63, 3.8) is 0 Å². The van der Waals surface area contributed by atoms with E-state index >= 15 is 0 Å². The molecule has 2 heterocycles. The number of fused-ring (bicyclic) bond motifs is 1. The lowest BCUT2D eigenvalue weighted by molar-refractivity contribution is 0.476. The number of aromatic nitrogens is 1. The van der Waals surface area contributed by atoms with Crippen LogP contribution in [-0.4, -0.2) is 4.98 Å². The molecule has 0 saturated heterocycles. The van der Waals surface area contributed by atoms with E-state index < -0.39 is 0 Å². The van der Waals surface area contributed by atoms with Gasteiger partial charge in [-0.15, -0.1) is 0 Å². The molecule has 3 N–H and O–H groups in total. The van der Waals surface area contributed by atoms with Crippen LogP contribution in [0.25, 0.3) is 11.0 Å². The van der Waals surface area contributed by atoms with Crippen molar-refractivity contribution < 1.29 is 4.42 Å². The van der Waals surface area contributed by atoms with E-state index in [1.54, 1.807) is 0 Å². The number of nitrogens with one attached hydrogen (secondary N) is 1. The lowest BCUT2D eigenvalue weighted by Gasteiger charge is -2.13. The van der Waals surface area contributed by atoms with E-state index in [2.05, 4.69) is 26.3 Å². The van der Waals surface area contributed by atoms with Crippen molar-refractivity contribution in [1.29, 1.82) is 0 Å². The largest absolute Gasteiger partial charge is 0.458 e. The van der Waals surface area contributed by atoms with Gasteiger partial charge in [-0.25, -0.2) is 5.43 Å². The Morgan fingerprint density at radius 3 is 2.80 bits per heavy atom. The van der Waals surface area contributed by atoms with E-state index in [0.717, 1.165) is 32.5 Å². The van der Waals surface area contributed by atoms with E-state index in [1.807, 2.05) is 49.5 Å². The van der Waals surface area contributed by atoms with Crippen molar-refractivity contribution in [1.82, 2.24) is 10.4 Å². The topological polar surface area (TPSA) is 64.1 Å². The van der Waals surface area contributed by atoms with Crippen LogP contribution in [-0.2, 0) is 0 Å². The second-order valence-corrected chi connectivity index (χ2v) is 5.49. The minimum atomic E-state index is -0.220. The molecular formula is C15H14BrN3O. The van der Waals surface area contributed by atoms with Gasteiger partial charge in [-0.05, 0) is 46.6 Å². The maximum atomic E-state index is 5.92. The summed E-state index contributed by atoms with van der Waals surface area (Å²) in [5, 5.41) is 1.04. The lowest BCUT2D eigenvalue weighted by atomic mass is 10.1. The van der Waals surface area contributed by atoms with Gasteiger partial charge in [-0.1, -0.05) is 18.2 Å². The molecule has 1 unspecified atom stereocenters. The summed E-state index contributed by atoms with van der Waals surface area (Å²) in [6, 6.07) is 11.7. The average molecular weight is 332 g/mol. The van der Waals surface area contributed by atoms with Gasteiger partial charge < -0.3 is 4.42 Å². The minimum Gasteiger partial charge on any atom is -0.458 e. The fourth-order valence-corrected chi connectivity index (χ4v) is 2.64. The predicted molar refractivity (Wildman–Crippen MR) is 82.1 cm³/mol. The highest BCUT2D eigenvalue weighted by Gasteiger charge is 2.18. The first-order valence-electron chi connectivity index (χ1n) is 6.25. The molecule has 0 fully saturated rings. The number of hydrogen-bond donors (Lipinski definition) is 2. The van der Waals surface area contributed by atoms with Gasteiger partial charge in [0.15, 0.2) is 0 Å². The van der Waals surface area contributed by atoms with Crippen LogP contribution in [0.4, 0.5) is 0 Å². The standard InChI is InChI=1S/C15H14BrN3O/c1-9-5-6-11(8-18-9)14(19-17)13-7-10-3-2-4-12(16)15(10)20-13/h2-8,14,19H,17H2,1H3. The van der Waals surface area contributed by atoms with Crippen molar-refractivity contribution >= 4 is 26.9 Å². The van der Waals surface area contributed by atoms with E-state index in [1.165, 1.54) is 0 Å². The molecule has 0 aliphatic carbocycles. The highest BCUT2D eigenvalue weighted by molar-refractivity contribution is 9.10. The predicted octanol–water partition coefficient (Wildman–Crippen LogP) is 3.45. The normalized spacial score (nSPS) is 12.8. The number of hydrazine groups is 1. The summed E-state index contributed by atoms with van der Waals surface area (Å²) in [5.74, 6) is 6.45. The number of aryl methyl sites for hydroxylation is 1. The molecule has 5 heteroatoms. The van der Waals surface area contributed by atoms with Crippen LogP contribution in [0.5, 0.6) is 0 Å². The molecule has 0 spiro atoms. The SMILES string of the molecule is Cc1ccc(C(NN)c2cc3cccc(Br)c3o2)cn1. The Bertz CT molecular complexity index is 736. The zero-order chi connectivity index (χ0) is 14.1. The van der Waals surface area contributed by atoms with Gasteiger partial charge in [-0.2, -0.15) is 0 Å². The number of hydrogen-bond acceptors (Lipinski definition) is 4. The van der Waals surface area contributed by atoms with Crippen LogP contribution in [0.3, 0.4) is 0 Å². The van der Waals surface area contributed by atoms with Crippen LogP contribution < -0.4 is 11.3 Å². The third-order valence-corrected chi connectivity index (χ3v) is 3.86. The van der Waals surface area contributed by atoms with Crippen LogP contribution in [0, 0.1) is 6.92 Å². The Morgan fingerprint density at radius 2 is 2.15 bits per heavy atom. The van der Waals surface area contributed by atoms with Crippen molar-refractivity contribution in [3.05, 3.63) is 64.1 Å². The zero-order valence-electron chi connectivity index (χ0n) is 10.9. The van der Waals surface area contributed by atoms with Crippen molar-refractivity contribution in [2.45, 2.75) is 13.0 Å². The summed E-state index contributed by atoms with van der Waals surface area (Å²) in [6.45, 7) is 1.95. The van der Waals surface area contributed by atoms with Crippen LogP contribution >= 0.6 is 15.9 Å².